The first-order valence-electron chi connectivity index (χ1n) is 4.46. The average molecular weight is 208 g/mol. The lowest BCUT2D eigenvalue weighted by molar-refractivity contribution is 0.417. The van der Waals surface area contributed by atoms with Crippen molar-refractivity contribution in [1.29, 1.82) is 0 Å². The zero-order valence-corrected chi connectivity index (χ0v) is 12.0. The van der Waals surface area contributed by atoms with Crippen LogP contribution < -0.4 is 0 Å². The van der Waals surface area contributed by atoms with E-state index in [1.807, 2.05) is 0 Å². The van der Waals surface area contributed by atoms with Crippen LogP contribution in [-0.2, 0) is 8.23 Å². The predicted octanol–water partition coefficient (Wildman–Crippen LogP) is 0.765. The van der Waals surface area contributed by atoms with Gasteiger partial charge < -0.3 is 8.23 Å². The Balaban J connectivity index is 3.79. The zero-order valence-electron chi connectivity index (χ0n) is 8.14. The third-order valence-corrected chi connectivity index (χ3v) is 10.2. The molecule has 0 atom stereocenters. The van der Waals surface area contributed by atoms with Crippen LogP contribution in [0.2, 0.25) is 25.7 Å². The minimum atomic E-state index is -1.63. The molecule has 2 nitrogen and oxygen atoms in total. The first-order chi connectivity index (χ1) is 5.18. The molecule has 0 radical (unpaired) electrons. The third-order valence-electron chi connectivity index (χ3n) is 1.60. The van der Waals surface area contributed by atoms with Crippen LogP contribution in [0.15, 0.2) is 0 Å². The van der Waals surface area contributed by atoms with Crippen LogP contribution in [0.5, 0.6) is 0 Å². The Morgan fingerprint density at radius 2 is 1.64 bits per heavy atom. The van der Waals surface area contributed by atoms with Crippen LogP contribution in [0, 0.1) is 0 Å². The van der Waals surface area contributed by atoms with E-state index in [-0.39, 0.29) is 19.5 Å². The van der Waals surface area contributed by atoms with E-state index < -0.39 is 8.56 Å². The molecule has 0 spiro atoms. The van der Waals surface area contributed by atoms with Crippen molar-refractivity contribution < 1.29 is 8.23 Å². The second-order valence-corrected chi connectivity index (χ2v) is 8.98. The first kappa shape index (κ1) is 11.6. The molecule has 0 bridgehead atoms. The smallest absolute Gasteiger partial charge is 0.313 e. The summed E-state index contributed by atoms with van der Waals surface area (Å²) < 4.78 is 11.6. The Bertz CT molecular complexity index is 82.8. The van der Waals surface area contributed by atoms with Gasteiger partial charge in [-0.15, -0.1) is 0 Å². The van der Waals surface area contributed by atoms with Gasteiger partial charge in [0.1, 0.15) is 19.5 Å². The van der Waals surface area contributed by atoms with Gasteiger partial charge in [0.15, 0.2) is 0 Å². The Hall–Kier alpha value is 0.571. The van der Waals surface area contributed by atoms with E-state index in [1.54, 1.807) is 0 Å². The second-order valence-electron chi connectivity index (χ2n) is 2.75. The maximum Gasteiger partial charge on any atom is 0.313 e. The predicted molar refractivity (Wildman–Crippen MR) is 57.7 cm³/mol. The van der Waals surface area contributed by atoms with E-state index in [0.717, 1.165) is 0 Å². The molecular formula is C6H20O2Si3. The molecule has 0 rings (SSSR count). The molecule has 68 valence electrons. The summed E-state index contributed by atoms with van der Waals surface area (Å²) in [6.07, 6.45) is 1.20. The molecule has 0 aromatic carbocycles. The van der Waals surface area contributed by atoms with Crippen molar-refractivity contribution in [1.82, 2.24) is 0 Å². The van der Waals surface area contributed by atoms with Crippen molar-refractivity contribution in [3.05, 3.63) is 0 Å². The summed E-state index contributed by atoms with van der Waals surface area (Å²) in [5.74, 6) is 0. The average Bonchev–Trinajstić information content (AvgIpc) is 1.88. The van der Waals surface area contributed by atoms with Crippen LogP contribution in [0.1, 0.15) is 13.3 Å². The SMILES string of the molecule is CCC[Si](C)(O[SiH2]C)O[SiH2]C. The zero-order chi connectivity index (χ0) is 8.74. The molecule has 0 N–H and O–H groups in total. The fourth-order valence-electron chi connectivity index (χ4n) is 1.25. The van der Waals surface area contributed by atoms with Gasteiger partial charge in [-0.1, -0.05) is 26.4 Å². The quantitative estimate of drug-likeness (QED) is 0.600. The Morgan fingerprint density at radius 1 is 1.18 bits per heavy atom. The molecule has 0 aromatic heterocycles. The van der Waals surface area contributed by atoms with Gasteiger partial charge in [-0.2, -0.15) is 0 Å². The van der Waals surface area contributed by atoms with Crippen molar-refractivity contribution in [2.24, 2.45) is 0 Å². The van der Waals surface area contributed by atoms with Gasteiger partial charge in [-0.3, -0.25) is 0 Å². The highest BCUT2D eigenvalue weighted by atomic mass is 28.4. The van der Waals surface area contributed by atoms with Crippen molar-refractivity contribution >= 4 is 28.1 Å². The van der Waals surface area contributed by atoms with Crippen LogP contribution in [0.25, 0.3) is 0 Å². The summed E-state index contributed by atoms with van der Waals surface area (Å²) in [7, 11) is -2.17. The molecule has 0 aromatic rings. The largest absolute Gasteiger partial charge is 0.442 e. The monoisotopic (exact) mass is 208 g/mol. The standard InChI is InChI=1S/C6H20O2Si3/c1-5-6-11(4,7-9-2)8-10-3/h5-6,9-10H2,1-4H3. The van der Waals surface area contributed by atoms with Gasteiger partial charge in [0.25, 0.3) is 0 Å². The molecule has 0 aliphatic heterocycles. The highest BCUT2D eigenvalue weighted by Crippen LogP contribution is 2.13. The molecule has 0 heterocycles. The third kappa shape index (κ3) is 4.91. The number of rotatable bonds is 6. The molecule has 0 amide bonds. The summed E-state index contributed by atoms with van der Waals surface area (Å²) in [6.45, 7) is 8.78. The first-order valence-corrected chi connectivity index (χ1v) is 11.0. The number of hydrogen-bond donors (Lipinski definition) is 0. The van der Waals surface area contributed by atoms with Gasteiger partial charge in [-0.05, 0) is 12.6 Å². The molecule has 5 heteroatoms. The van der Waals surface area contributed by atoms with Gasteiger partial charge in [0.2, 0.25) is 0 Å². The van der Waals surface area contributed by atoms with Crippen LogP contribution in [-0.4, -0.2) is 28.1 Å². The fraction of sp³-hybridized carbons (Fsp3) is 1.00. The Labute approximate surface area is 75.8 Å². The number of hydrogen-bond acceptors (Lipinski definition) is 2. The molecule has 0 saturated heterocycles. The highest BCUT2D eigenvalue weighted by Gasteiger charge is 2.27. The van der Waals surface area contributed by atoms with Crippen molar-refractivity contribution in [3.63, 3.8) is 0 Å². The maximum atomic E-state index is 5.80. The van der Waals surface area contributed by atoms with E-state index in [2.05, 4.69) is 26.6 Å². The van der Waals surface area contributed by atoms with E-state index in [4.69, 9.17) is 8.23 Å². The second kappa shape index (κ2) is 6.13. The van der Waals surface area contributed by atoms with Crippen LogP contribution >= 0.6 is 0 Å². The normalized spacial score (nSPS) is 18.5. The minimum Gasteiger partial charge on any atom is -0.442 e. The lowest BCUT2D eigenvalue weighted by Gasteiger charge is -2.26. The summed E-state index contributed by atoms with van der Waals surface area (Å²) >= 11 is 0. The molecule has 0 unspecified atom stereocenters. The lowest BCUT2D eigenvalue weighted by atomic mass is 10.6. The molecule has 0 aliphatic rings. The van der Waals surface area contributed by atoms with Crippen LogP contribution in [0.3, 0.4) is 0 Å². The fourth-order valence-corrected chi connectivity index (χ4v) is 9.28. The molecule has 0 fully saturated rings. The Morgan fingerprint density at radius 3 is 1.91 bits per heavy atom. The lowest BCUT2D eigenvalue weighted by Crippen LogP contribution is -2.39. The Kier molecular flexibility index (Phi) is 6.45. The van der Waals surface area contributed by atoms with Gasteiger partial charge >= 0.3 is 8.56 Å². The molecular weight excluding hydrogens is 188 g/mol. The van der Waals surface area contributed by atoms with E-state index in [1.165, 1.54) is 12.5 Å². The molecule has 0 aliphatic carbocycles. The summed E-state index contributed by atoms with van der Waals surface area (Å²) in [6, 6.07) is 1.18. The minimum absolute atomic E-state index is 0.272. The molecule has 0 saturated carbocycles. The van der Waals surface area contributed by atoms with Crippen molar-refractivity contribution in [2.45, 2.75) is 39.0 Å². The highest BCUT2D eigenvalue weighted by molar-refractivity contribution is 6.74. The van der Waals surface area contributed by atoms with E-state index in [9.17, 15) is 0 Å². The van der Waals surface area contributed by atoms with Crippen molar-refractivity contribution in [2.75, 3.05) is 0 Å². The van der Waals surface area contributed by atoms with E-state index >= 15 is 0 Å². The van der Waals surface area contributed by atoms with Gasteiger partial charge in [0.05, 0.1) is 0 Å². The maximum absolute atomic E-state index is 5.80. The summed E-state index contributed by atoms with van der Waals surface area (Å²) in [5.41, 5.74) is 0. The topological polar surface area (TPSA) is 18.5 Å². The summed E-state index contributed by atoms with van der Waals surface area (Å²) in [4.78, 5) is 0. The van der Waals surface area contributed by atoms with Gasteiger partial charge in [-0.25, -0.2) is 0 Å². The molecule has 11 heavy (non-hydrogen) atoms. The van der Waals surface area contributed by atoms with Crippen molar-refractivity contribution in [3.8, 4) is 0 Å². The van der Waals surface area contributed by atoms with Crippen LogP contribution in [0.4, 0.5) is 0 Å². The van der Waals surface area contributed by atoms with E-state index in [0.29, 0.717) is 0 Å². The van der Waals surface area contributed by atoms with Gasteiger partial charge in [0, 0.05) is 0 Å². The summed E-state index contributed by atoms with van der Waals surface area (Å²) in [5, 5.41) is 0.